The Balaban J connectivity index is 1.36. The third-order valence-corrected chi connectivity index (χ3v) is 6.82. The average molecular weight is 372 g/mol. The summed E-state index contributed by atoms with van der Waals surface area (Å²) in [6, 6.07) is 2.61. The lowest BCUT2D eigenvalue weighted by Gasteiger charge is -2.38. The number of hydrogen-bond donors (Lipinski definition) is 2. The first-order valence-electron chi connectivity index (χ1n) is 10.6. The Hall–Kier alpha value is -1.82. The Morgan fingerprint density at radius 3 is 2.74 bits per heavy atom. The van der Waals surface area contributed by atoms with Gasteiger partial charge >= 0.3 is 6.03 Å². The molecule has 1 atom stereocenters. The van der Waals surface area contributed by atoms with Crippen molar-refractivity contribution in [3.05, 3.63) is 17.8 Å². The van der Waals surface area contributed by atoms with Crippen LogP contribution in [0.15, 0.2) is 12.3 Å². The summed E-state index contributed by atoms with van der Waals surface area (Å²) in [6.45, 7) is 9.38. The van der Waals surface area contributed by atoms with E-state index in [1.165, 1.54) is 25.7 Å². The first-order valence-corrected chi connectivity index (χ1v) is 10.6. The van der Waals surface area contributed by atoms with Gasteiger partial charge in [0.25, 0.3) is 0 Å². The summed E-state index contributed by atoms with van der Waals surface area (Å²) in [7, 11) is 0. The van der Waals surface area contributed by atoms with E-state index in [1.807, 2.05) is 11.1 Å². The molecule has 3 fully saturated rings. The maximum absolute atomic E-state index is 12.7. The van der Waals surface area contributed by atoms with Crippen LogP contribution >= 0.6 is 0 Å². The van der Waals surface area contributed by atoms with Crippen LogP contribution in [0.2, 0.25) is 0 Å². The fourth-order valence-electron chi connectivity index (χ4n) is 4.96. The standard InChI is InChI=1S/C21H33N5O/c1-16-13-18(14-23-19(16)26-10-4-3-5-17(26)2)24-20(27)25-11-7-21(8-12-25)6-9-22-15-21/h13-14,17,22H,3-12,15H2,1-2H3,(H,24,27). The van der Waals surface area contributed by atoms with Crippen molar-refractivity contribution in [3.63, 3.8) is 0 Å². The highest BCUT2D eigenvalue weighted by Gasteiger charge is 2.38. The smallest absolute Gasteiger partial charge is 0.321 e. The Morgan fingerprint density at radius 2 is 2.07 bits per heavy atom. The number of pyridine rings is 1. The van der Waals surface area contributed by atoms with Crippen LogP contribution in [0.1, 0.15) is 51.0 Å². The molecular weight excluding hydrogens is 338 g/mol. The van der Waals surface area contributed by atoms with Crippen LogP contribution in [0.4, 0.5) is 16.3 Å². The minimum atomic E-state index is 0.0103. The van der Waals surface area contributed by atoms with Crippen molar-refractivity contribution >= 4 is 17.5 Å². The molecule has 0 radical (unpaired) electrons. The molecular formula is C21H33N5O. The van der Waals surface area contributed by atoms with E-state index in [2.05, 4.69) is 35.4 Å². The number of hydrogen-bond acceptors (Lipinski definition) is 4. The Kier molecular flexibility index (Phi) is 5.26. The molecule has 148 valence electrons. The van der Waals surface area contributed by atoms with Crippen molar-refractivity contribution in [2.24, 2.45) is 5.41 Å². The third-order valence-electron chi connectivity index (χ3n) is 6.82. The molecule has 27 heavy (non-hydrogen) atoms. The number of amides is 2. The normalized spacial score (nSPS) is 25.0. The minimum Gasteiger partial charge on any atom is -0.354 e. The number of anilines is 2. The monoisotopic (exact) mass is 371 g/mol. The zero-order chi connectivity index (χ0) is 18.9. The second-order valence-electron chi connectivity index (χ2n) is 8.75. The molecule has 2 amide bonds. The lowest BCUT2D eigenvalue weighted by Crippen LogP contribution is -2.45. The fraction of sp³-hybridized carbons (Fsp3) is 0.714. The summed E-state index contributed by atoms with van der Waals surface area (Å²) in [6.07, 6.45) is 9.04. The second kappa shape index (κ2) is 7.66. The van der Waals surface area contributed by atoms with Gasteiger partial charge in [-0.25, -0.2) is 9.78 Å². The van der Waals surface area contributed by atoms with E-state index in [-0.39, 0.29) is 6.03 Å². The lowest BCUT2D eigenvalue weighted by atomic mass is 9.78. The van der Waals surface area contributed by atoms with Gasteiger partial charge in [-0.3, -0.25) is 0 Å². The van der Waals surface area contributed by atoms with Gasteiger partial charge in [-0.05, 0) is 76.0 Å². The quantitative estimate of drug-likeness (QED) is 0.837. The first kappa shape index (κ1) is 18.5. The number of rotatable bonds is 2. The van der Waals surface area contributed by atoms with E-state index in [9.17, 15) is 4.79 Å². The Morgan fingerprint density at radius 1 is 1.26 bits per heavy atom. The van der Waals surface area contributed by atoms with Crippen LogP contribution in [-0.4, -0.2) is 54.7 Å². The summed E-state index contributed by atoms with van der Waals surface area (Å²) in [5.74, 6) is 1.06. The number of nitrogens with zero attached hydrogens (tertiary/aromatic N) is 3. The number of aromatic nitrogens is 1. The van der Waals surface area contributed by atoms with Crippen molar-refractivity contribution in [1.29, 1.82) is 0 Å². The molecule has 0 saturated carbocycles. The predicted molar refractivity (Wildman–Crippen MR) is 109 cm³/mol. The largest absolute Gasteiger partial charge is 0.354 e. The van der Waals surface area contributed by atoms with Crippen LogP contribution in [-0.2, 0) is 0 Å². The van der Waals surface area contributed by atoms with Crippen molar-refractivity contribution in [3.8, 4) is 0 Å². The van der Waals surface area contributed by atoms with Gasteiger partial charge in [0.15, 0.2) is 0 Å². The predicted octanol–water partition coefficient (Wildman–Crippen LogP) is 3.38. The van der Waals surface area contributed by atoms with Gasteiger partial charge in [0.2, 0.25) is 0 Å². The van der Waals surface area contributed by atoms with Gasteiger partial charge in [-0.1, -0.05) is 0 Å². The highest BCUT2D eigenvalue weighted by Crippen LogP contribution is 2.37. The molecule has 1 spiro atoms. The molecule has 1 unspecified atom stereocenters. The van der Waals surface area contributed by atoms with E-state index < -0.39 is 0 Å². The van der Waals surface area contributed by atoms with Gasteiger partial charge in [-0.15, -0.1) is 0 Å². The van der Waals surface area contributed by atoms with E-state index in [0.717, 1.165) is 62.6 Å². The number of urea groups is 1. The highest BCUT2D eigenvalue weighted by molar-refractivity contribution is 5.89. The summed E-state index contributed by atoms with van der Waals surface area (Å²) >= 11 is 0. The molecule has 6 nitrogen and oxygen atoms in total. The molecule has 0 aliphatic carbocycles. The van der Waals surface area contributed by atoms with Gasteiger partial charge in [0, 0.05) is 32.2 Å². The molecule has 0 bridgehead atoms. The zero-order valence-electron chi connectivity index (χ0n) is 16.8. The molecule has 3 aliphatic heterocycles. The van der Waals surface area contributed by atoms with Crippen LogP contribution in [0.25, 0.3) is 0 Å². The van der Waals surface area contributed by atoms with E-state index >= 15 is 0 Å². The van der Waals surface area contributed by atoms with Crippen molar-refractivity contribution in [2.75, 3.05) is 42.9 Å². The summed E-state index contributed by atoms with van der Waals surface area (Å²) < 4.78 is 0. The maximum Gasteiger partial charge on any atom is 0.321 e. The first-order chi connectivity index (χ1) is 13.1. The number of likely N-dealkylation sites (tertiary alicyclic amines) is 1. The topological polar surface area (TPSA) is 60.5 Å². The molecule has 3 aliphatic rings. The molecule has 4 rings (SSSR count). The van der Waals surface area contributed by atoms with Crippen molar-refractivity contribution in [2.45, 2.75) is 58.4 Å². The van der Waals surface area contributed by atoms with Gasteiger partial charge in [0.05, 0.1) is 11.9 Å². The van der Waals surface area contributed by atoms with E-state index in [0.29, 0.717) is 11.5 Å². The number of piperidine rings is 2. The van der Waals surface area contributed by atoms with E-state index in [1.54, 1.807) is 0 Å². The molecule has 1 aromatic rings. The van der Waals surface area contributed by atoms with Gasteiger partial charge in [0.1, 0.15) is 5.82 Å². The fourth-order valence-corrected chi connectivity index (χ4v) is 4.96. The highest BCUT2D eigenvalue weighted by atomic mass is 16.2. The summed E-state index contributed by atoms with van der Waals surface area (Å²) in [5, 5.41) is 6.54. The van der Waals surface area contributed by atoms with Crippen LogP contribution < -0.4 is 15.5 Å². The van der Waals surface area contributed by atoms with Crippen LogP contribution in [0.3, 0.4) is 0 Å². The lowest BCUT2D eigenvalue weighted by molar-refractivity contribution is 0.137. The van der Waals surface area contributed by atoms with Crippen molar-refractivity contribution < 1.29 is 4.79 Å². The Bertz CT molecular complexity index is 675. The average Bonchev–Trinajstić information content (AvgIpc) is 3.11. The molecule has 0 aromatic carbocycles. The van der Waals surface area contributed by atoms with Crippen LogP contribution in [0, 0.1) is 12.3 Å². The molecule has 3 saturated heterocycles. The number of carbonyl (C=O) groups excluding carboxylic acids is 1. The summed E-state index contributed by atoms with van der Waals surface area (Å²) in [5.41, 5.74) is 2.37. The second-order valence-corrected chi connectivity index (χ2v) is 8.75. The zero-order valence-corrected chi connectivity index (χ0v) is 16.8. The number of carbonyl (C=O) groups is 1. The van der Waals surface area contributed by atoms with Crippen molar-refractivity contribution in [1.82, 2.24) is 15.2 Å². The molecule has 6 heteroatoms. The van der Waals surface area contributed by atoms with Gasteiger partial charge < -0.3 is 20.4 Å². The number of aryl methyl sites for hydroxylation is 1. The maximum atomic E-state index is 12.7. The summed E-state index contributed by atoms with van der Waals surface area (Å²) in [4.78, 5) is 21.7. The molecule has 1 aromatic heterocycles. The SMILES string of the molecule is Cc1cc(NC(=O)N2CCC3(CCNC3)CC2)cnc1N1CCCCC1C. The third kappa shape index (κ3) is 3.91. The minimum absolute atomic E-state index is 0.0103. The molecule has 2 N–H and O–H groups in total. The van der Waals surface area contributed by atoms with E-state index in [4.69, 9.17) is 4.98 Å². The Labute approximate surface area is 162 Å². The molecule has 4 heterocycles. The van der Waals surface area contributed by atoms with Gasteiger partial charge in [-0.2, -0.15) is 0 Å². The number of nitrogens with one attached hydrogen (secondary N) is 2. The van der Waals surface area contributed by atoms with Crippen LogP contribution in [0.5, 0.6) is 0 Å².